The van der Waals surface area contributed by atoms with E-state index < -0.39 is 0 Å². The Morgan fingerprint density at radius 1 is 0.929 bits per heavy atom. The molecule has 0 atom stereocenters. The van der Waals surface area contributed by atoms with Gasteiger partial charge in [0.1, 0.15) is 6.54 Å². The summed E-state index contributed by atoms with van der Waals surface area (Å²) >= 11 is 6.21. The van der Waals surface area contributed by atoms with E-state index in [-0.39, 0.29) is 18.0 Å². The predicted molar refractivity (Wildman–Crippen MR) is 112 cm³/mol. The molecule has 4 rings (SSSR count). The van der Waals surface area contributed by atoms with Crippen molar-refractivity contribution >= 4 is 34.0 Å². The molecule has 1 aromatic heterocycles. The first-order chi connectivity index (χ1) is 13.6. The number of carbonyl (C=O) groups is 1. The summed E-state index contributed by atoms with van der Waals surface area (Å²) in [5.74, 6) is -0.331. The van der Waals surface area contributed by atoms with Crippen molar-refractivity contribution in [1.82, 2.24) is 9.78 Å². The largest absolute Gasteiger partial charge is 0.324 e. The second-order valence-electron chi connectivity index (χ2n) is 6.27. The number of rotatable bonds is 4. The van der Waals surface area contributed by atoms with E-state index in [1.807, 2.05) is 60.7 Å². The van der Waals surface area contributed by atoms with Crippen LogP contribution < -0.4 is 10.9 Å². The highest BCUT2D eigenvalue weighted by molar-refractivity contribution is 6.33. The Hall–Kier alpha value is -3.44. The fourth-order valence-electron chi connectivity index (χ4n) is 3.03. The molecule has 6 heteroatoms. The number of halogens is 1. The summed E-state index contributed by atoms with van der Waals surface area (Å²) in [5.41, 5.74) is 1.57. The average Bonchev–Trinajstić information content (AvgIpc) is 2.70. The van der Waals surface area contributed by atoms with Gasteiger partial charge in [0.25, 0.3) is 5.56 Å². The van der Waals surface area contributed by atoms with Gasteiger partial charge in [0.05, 0.1) is 10.7 Å². The molecule has 0 aliphatic heterocycles. The molecule has 0 bridgehead atoms. The number of anilines is 1. The molecule has 0 aliphatic rings. The quantitative estimate of drug-likeness (QED) is 0.564. The van der Waals surface area contributed by atoms with Gasteiger partial charge in [-0.25, -0.2) is 4.68 Å². The summed E-state index contributed by atoms with van der Waals surface area (Å²) in [5, 5.41) is 9.66. The van der Waals surface area contributed by atoms with Crippen molar-refractivity contribution in [2.45, 2.75) is 6.54 Å². The van der Waals surface area contributed by atoms with Gasteiger partial charge in [-0.2, -0.15) is 5.10 Å². The second-order valence-corrected chi connectivity index (χ2v) is 6.68. The van der Waals surface area contributed by atoms with Crippen LogP contribution in [0.15, 0.2) is 83.7 Å². The van der Waals surface area contributed by atoms with Gasteiger partial charge in [0, 0.05) is 22.7 Å². The molecule has 138 valence electrons. The maximum absolute atomic E-state index is 12.6. The van der Waals surface area contributed by atoms with Crippen LogP contribution in [0.5, 0.6) is 0 Å². The minimum absolute atomic E-state index is 0.194. The van der Waals surface area contributed by atoms with Crippen LogP contribution in [0, 0.1) is 0 Å². The predicted octanol–water partition coefficient (Wildman–Crippen LogP) is 4.36. The van der Waals surface area contributed by atoms with Crippen molar-refractivity contribution in [1.29, 1.82) is 0 Å². The van der Waals surface area contributed by atoms with Crippen LogP contribution in [0.25, 0.3) is 22.0 Å². The van der Waals surface area contributed by atoms with Crippen LogP contribution in [0.4, 0.5) is 5.69 Å². The first kappa shape index (κ1) is 17.9. The lowest BCUT2D eigenvalue weighted by molar-refractivity contribution is -0.117. The molecule has 0 fully saturated rings. The van der Waals surface area contributed by atoms with E-state index in [1.165, 1.54) is 6.07 Å². The molecule has 28 heavy (non-hydrogen) atoms. The molecular weight excluding hydrogens is 374 g/mol. The van der Waals surface area contributed by atoms with E-state index in [4.69, 9.17) is 11.6 Å². The third-order valence-corrected chi connectivity index (χ3v) is 4.70. The van der Waals surface area contributed by atoms with Gasteiger partial charge >= 0.3 is 0 Å². The lowest BCUT2D eigenvalue weighted by Gasteiger charge is -2.10. The van der Waals surface area contributed by atoms with Crippen LogP contribution in [0.1, 0.15) is 0 Å². The van der Waals surface area contributed by atoms with Gasteiger partial charge in [-0.3, -0.25) is 9.59 Å². The van der Waals surface area contributed by atoms with Crippen molar-refractivity contribution in [2.24, 2.45) is 0 Å². The molecule has 3 aromatic carbocycles. The van der Waals surface area contributed by atoms with Gasteiger partial charge in [-0.05, 0) is 23.6 Å². The Bertz CT molecular complexity index is 1230. The van der Waals surface area contributed by atoms with E-state index in [2.05, 4.69) is 10.4 Å². The SMILES string of the molecule is O=C(Cn1nc(-c2ccccc2Cl)ccc1=O)Nc1cccc2ccccc12. The minimum Gasteiger partial charge on any atom is -0.324 e. The number of nitrogens with zero attached hydrogens (tertiary/aromatic N) is 2. The van der Waals surface area contributed by atoms with Crippen molar-refractivity contribution in [2.75, 3.05) is 5.32 Å². The topological polar surface area (TPSA) is 64.0 Å². The molecule has 0 saturated carbocycles. The Morgan fingerprint density at radius 2 is 1.68 bits per heavy atom. The molecule has 1 heterocycles. The van der Waals surface area contributed by atoms with E-state index in [9.17, 15) is 9.59 Å². The van der Waals surface area contributed by atoms with Gasteiger partial charge < -0.3 is 5.32 Å². The van der Waals surface area contributed by atoms with Crippen LogP contribution in [0.2, 0.25) is 5.02 Å². The number of aromatic nitrogens is 2. The van der Waals surface area contributed by atoms with Gasteiger partial charge in [0.2, 0.25) is 5.91 Å². The fourth-order valence-corrected chi connectivity index (χ4v) is 3.27. The lowest BCUT2D eigenvalue weighted by atomic mass is 10.1. The zero-order valence-corrected chi connectivity index (χ0v) is 15.6. The maximum Gasteiger partial charge on any atom is 0.267 e. The normalized spacial score (nSPS) is 10.8. The van der Waals surface area contributed by atoms with Crippen molar-refractivity contribution in [3.8, 4) is 11.3 Å². The summed E-state index contributed by atoms with van der Waals surface area (Å²) < 4.78 is 1.14. The van der Waals surface area contributed by atoms with Crippen molar-refractivity contribution < 1.29 is 4.79 Å². The van der Waals surface area contributed by atoms with E-state index in [0.29, 0.717) is 22.0 Å². The van der Waals surface area contributed by atoms with E-state index >= 15 is 0 Å². The number of nitrogens with one attached hydrogen (secondary N) is 1. The monoisotopic (exact) mass is 389 g/mol. The standard InChI is InChI=1S/C22H16ClN3O2/c23-18-10-4-3-9-17(18)20-12-13-22(28)26(25-20)14-21(27)24-19-11-5-7-15-6-1-2-8-16(15)19/h1-13H,14H2,(H,24,27). The van der Waals surface area contributed by atoms with Crippen molar-refractivity contribution in [3.63, 3.8) is 0 Å². The highest BCUT2D eigenvalue weighted by atomic mass is 35.5. The number of amides is 1. The molecule has 5 nitrogen and oxygen atoms in total. The molecule has 4 aromatic rings. The lowest BCUT2D eigenvalue weighted by Crippen LogP contribution is -2.29. The average molecular weight is 390 g/mol. The second kappa shape index (κ2) is 7.66. The van der Waals surface area contributed by atoms with Crippen LogP contribution in [-0.4, -0.2) is 15.7 Å². The minimum atomic E-state index is -0.358. The van der Waals surface area contributed by atoms with Gasteiger partial charge in [-0.1, -0.05) is 66.2 Å². The highest BCUT2D eigenvalue weighted by Crippen LogP contribution is 2.25. The number of carbonyl (C=O) groups excluding carboxylic acids is 1. The molecule has 0 radical (unpaired) electrons. The van der Waals surface area contributed by atoms with E-state index in [0.717, 1.165) is 15.5 Å². The molecular formula is C22H16ClN3O2. The molecule has 1 N–H and O–H groups in total. The maximum atomic E-state index is 12.6. The van der Waals surface area contributed by atoms with Gasteiger partial charge in [-0.15, -0.1) is 0 Å². The van der Waals surface area contributed by atoms with Gasteiger partial charge in [0.15, 0.2) is 0 Å². The van der Waals surface area contributed by atoms with Crippen LogP contribution >= 0.6 is 11.6 Å². The number of fused-ring (bicyclic) bond motifs is 1. The van der Waals surface area contributed by atoms with Crippen molar-refractivity contribution in [3.05, 3.63) is 94.2 Å². The summed E-state index contributed by atoms with van der Waals surface area (Å²) in [6.07, 6.45) is 0. The Kier molecular flexibility index (Phi) is 4.91. The first-order valence-corrected chi connectivity index (χ1v) is 9.10. The molecule has 1 amide bonds. The summed E-state index contributed by atoms with van der Waals surface area (Å²) in [6.45, 7) is -0.194. The first-order valence-electron chi connectivity index (χ1n) is 8.72. The molecule has 0 aliphatic carbocycles. The summed E-state index contributed by atoms with van der Waals surface area (Å²) in [4.78, 5) is 24.7. The molecule has 0 unspecified atom stereocenters. The summed E-state index contributed by atoms with van der Waals surface area (Å²) in [6, 6.07) is 23.7. The Balaban J connectivity index is 1.60. The summed E-state index contributed by atoms with van der Waals surface area (Å²) in [7, 11) is 0. The number of hydrogen-bond acceptors (Lipinski definition) is 3. The van der Waals surface area contributed by atoms with Crippen LogP contribution in [0.3, 0.4) is 0 Å². The number of benzene rings is 3. The third-order valence-electron chi connectivity index (χ3n) is 4.37. The molecule has 0 saturated heterocycles. The molecule has 0 spiro atoms. The van der Waals surface area contributed by atoms with Crippen LogP contribution in [-0.2, 0) is 11.3 Å². The Labute approximate surface area is 166 Å². The van der Waals surface area contributed by atoms with E-state index in [1.54, 1.807) is 12.1 Å². The zero-order valence-electron chi connectivity index (χ0n) is 14.8. The zero-order chi connectivity index (χ0) is 19.5. The Morgan fingerprint density at radius 3 is 2.54 bits per heavy atom. The highest BCUT2D eigenvalue weighted by Gasteiger charge is 2.11. The number of hydrogen-bond donors (Lipinski definition) is 1. The fraction of sp³-hybridized carbons (Fsp3) is 0.0455. The third kappa shape index (κ3) is 3.66. The smallest absolute Gasteiger partial charge is 0.267 e.